The summed E-state index contributed by atoms with van der Waals surface area (Å²) in [6, 6.07) is 7.68. The summed E-state index contributed by atoms with van der Waals surface area (Å²) < 4.78 is 7.49. The number of imidazole rings is 1. The van der Waals surface area contributed by atoms with Gasteiger partial charge in [-0.15, -0.1) is 0 Å². The summed E-state index contributed by atoms with van der Waals surface area (Å²) >= 11 is 0. The molecule has 25 heavy (non-hydrogen) atoms. The molecule has 0 bridgehead atoms. The van der Waals surface area contributed by atoms with Crippen LogP contribution in [-0.4, -0.2) is 38.6 Å². The molecule has 1 saturated heterocycles. The lowest BCUT2D eigenvalue weighted by Crippen LogP contribution is -2.40. The monoisotopic (exact) mass is 338 g/mol. The number of amides is 1. The molecule has 3 heterocycles. The fourth-order valence-electron chi connectivity index (χ4n) is 3.56. The molecule has 0 spiro atoms. The first kappa shape index (κ1) is 15.9. The molecule has 130 valence electrons. The van der Waals surface area contributed by atoms with Crippen molar-refractivity contribution in [2.45, 2.75) is 32.7 Å². The molecule has 3 aromatic rings. The van der Waals surface area contributed by atoms with Crippen LogP contribution in [0.25, 0.3) is 11.0 Å². The quantitative estimate of drug-likeness (QED) is 0.734. The van der Waals surface area contributed by atoms with Crippen molar-refractivity contribution < 1.29 is 9.32 Å². The van der Waals surface area contributed by atoms with E-state index in [0.717, 1.165) is 55.0 Å². The third-order valence-electron chi connectivity index (χ3n) is 5.12. The van der Waals surface area contributed by atoms with Crippen LogP contribution in [-0.2, 0) is 17.8 Å². The molecule has 0 saturated carbocycles. The normalized spacial score (nSPS) is 15.8. The molecule has 6 nitrogen and oxygen atoms in total. The van der Waals surface area contributed by atoms with E-state index in [9.17, 15) is 4.79 Å². The SMILES string of the molecule is Cc1nccn1CC1CCN(C(=O)Cc2noc3ccccc23)CC1. The van der Waals surface area contributed by atoms with Gasteiger partial charge in [0.25, 0.3) is 0 Å². The summed E-state index contributed by atoms with van der Waals surface area (Å²) in [7, 11) is 0. The summed E-state index contributed by atoms with van der Waals surface area (Å²) in [6.45, 7) is 4.64. The van der Waals surface area contributed by atoms with E-state index in [0.29, 0.717) is 12.3 Å². The van der Waals surface area contributed by atoms with Crippen molar-refractivity contribution in [3.63, 3.8) is 0 Å². The zero-order valence-electron chi connectivity index (χ0n) is 14.4. The van der Waals surface area contributed by atoms with Crippen LogP contribution in [0.3, 0.4) is 0 Å². The van der Waals surface area contributed by atoms with Crippen LogP contribution in [0, 0.1) is 12.8 Å². The number of nitrogens with zero attached hydrogens (tertiary/aromatic N) is 4. The van der Waals surface area contributed by atoms with Crippen LogP contribution in [0.1, 0.15) is 24.4 Å². The molecule has 0 unspecified atom stereocenters. The number of carbonyl (C=O) groups excluding carboxylic acids is 1. The van der Waals surface area contributed by atoms with Gasteiger partial charge in [0, 0.05) is 37.4 Å². The van der Waals surface area contributed by atoms with Gasteiger partial charge in [0.05, 0.1) is 6.42 Å². The Kier molecular flexibility index (Phi) is 4.26. The summed E-state index contributed by atoms with van der Waals surface area (Å²) in [6.07, 6.45) is 6.24. The number of hydrogen-bond donors (Lipinski definition) is 0. The van der Waals surface area contributed by atoms with E-state index in [1.807, 2.05) is 48.5 Å². The molecular weight excluding hydrogens is 316 g/mol. The Bertz CT molecular complexity index is 874. The van der Waals surface area contributed by atoms with Gasteiger partial charge in [-0.05, 0) is 37.8 Å². The smallest absolute Gasteiger partial charge is 0.228 e. The summed E-state index contributed by atoms with van der Waals surface area (Å²) in [4.78, 5) is 18.8. The number of aromatic nitrogens is 3. The van der Waals surface area contributed by atoms with E-state index >= 15 is 0 Å². The molecule has 0 aliphatic carbocycles. The first-order valence-corrected chi connectivity index (χ1v) is 8.79. The standard InChI is InChI=1S/C19H22N4O2/c1-14-20-8-11-23(14)13-15-6-9-22(10-7-15)19(24)12-17-16-4-2-3-5-18(16)25-21-17/h2-5,8,11,15H,6-7,9-10,12-13H2,1H3. The molecule has 0 N–H and O–H groups in total. The van der Waals surface area contributed by atoms with Crippen molar-refractivity contribution in [2.75, 3.05) is 13.1 Å². The molecule has 4 rings (SSSR count). The van der Waals surface area contributed by atoms with Crippen molar-refractivity contribution in [1.29, 1.82) is 0 Å². The van der Waals surface area contributed by atoms with Gasteiger partial charge in [-0.2, -0.15) is 0 Å². The molecule has 1 fully saturated rings. The van der Waals surface area contributed by atoms with Gasteiger partial charge in [-0.1, -0.05) is 17.3 Å². The van der Waals surface area contributed by atoms with Crippen LogP contribution in [0.15, 0.2) is 41.2 Å². The second kappa shape index (κ2) is 6.70. The van der Waals surface area contributed by atoms with Crippen molar-refractivity contribution >= 4 is 16.9 Å². The van der Waals surface area contributed by atoms with Crippen LogP contribution >= 0.6 is 0 Å². The molecule has 6 heteroatoms. The van der Waals surface area contributed by atoms with E-state index in [1.54, 1.807) is 0 Å². The highest BCUT2D eigenvalue weighted by molar-refractivity contribution is 5.86. The Balaban J connectivity index is 1.34. The fraction of sp³-hybridized carbons (Fsp3) is 0.421. The topological polar surface area (TPSA) is 64.2 Å². The minimum Gasteiger partial charge on any atom is -0.356 e. The second-order valence-electron chi connectivity index (χ2n) is 6.75. The summed E-state index contributed by atoms with van der Waals surface area (Å²) in [5.41, 5.74) is 1.47. The fourth-order valence-corrected chi connectivity index (χ4v) is 3.56. The zero-order valence-corrected chi connectivity index (χ0v) is 14.4. The number of likely N-dealkylation sites (tertiary alicyclic amines) is 1. The maximum Gasteiger partial charge on any atom is 0.228 e. The number of benzene rings is 1. The third kappa shape index (κ3) is 3.29. The largest absolute Gasteiger partial charge is 0.356 e. The van der Waals surface area contributed by atoms with Gasteiger partial charge >= 0.3 is 0 Å². The van der Waals surface area contributed by atoms with Crippen molar-refractivity contribution in [2.24, 2.45) is 5.92 Å². The predicted octanol–water partition coefficient (Wildman–Crippen LogP) is 2.81. The number of carbonyl (C=O) groups is 1. The molecule has 1 aliphatic rings. The summed E-state index contributed by atoms with van der Waals surface area (Å²) in [5.74, 6) is 1.79. The van der Waals surface area contributed by atoms with Gasteiger partial charge in [0.1, 0.15) is 11.5 Å². The number of para-hydroxylation sites is 1. The molecule has 2 aromatic heterocycles. The lowest BCUT2D eigenvalue weighted by Gasteiger charge is -2.32. The van der Waals surface area contributed by atoms with Crippen LogP contribution < -0.4 is 0 Å². The van der Waals surface area contributed by atoms with E-state index in [4.69, 9.17) is 4.52 Å². The minimum atomic E-state index is 0.135. The number of aryl methyl sites for hydroxylation is 1. The van der Waals surface area contributed by atoms with Crippen molar-refractivity contribution in [3.05, 3.63) is 48.2 Å². The lowest BCUT2D eigenvalue weighted by atomic mass is 9.96. The van der Waals surface area contributed by atoms with E-state index < -0.39 is 0 Å². The Labute approximate surface area is 146 Å². The van der Waals surface area contributed by atoms with Crippen LogP contribution in [0.2, 0.25) is 0 Å². The number of rotatable bonds is 4. The third-order valence-corrected chi connectivity index (χ3v) is 5.12. The van der Waals surface area contributed by atoms with Gasteiger partial charge in [-0.3, -0.25) is 4.79 Å². The highest BCUT2D eigenvalue weighted by atomic mass is 16.5. The predicted molar refractivity (Wildman–Crippen MR) is 94.0 cm³/mol. The van der Waals surface area contributed by atoms with E-state index in [1.165, 1.54) is 0 Å². The molecule has 0 radical (unpaired) electrons. The minimum absolute atomic E-state index is 0.135. The Morgan fingerprint density at radius 2 is 2.08 bits per heavy atom. The lowest BCUT2D eigenvalue weighted by molar-refractivity contribution is -0.132. The summed E-state index contributed by atoms with van der Waals surface area (Å²) in [5, 5.41) is 5.00. The number of piperidine rings is 1. The maximum absolute atomic E-state index is 12.6. The van der Waals surface area contributed by atoms with Crippen molar-refractivity contribution in [1.82, 2.24) is 19.6 Å². The highest BCUT2D eigenvalue weighted by Crippen LogP contribution is 2.22. The second-order valence-corrected chi connectivity index (χ2v) is 6.75. The highest BCUT2D eigenvalue weighted by Gasteiger charge is 2.24. The number of hydrogen-bond acceptors (Lipinski definition) is 4. The maximum atomic E-state index is 12.6. The molecule has 1 aliphatic heterocycles. The molecule has 1 amide bonds. The van der Waals surface area contributed by atoms with Gasteiger partial charge in [0.15, 0.2) is 5.58 Å². The van der Waals surface area contributed by atoms with E-state index in [2.05, 4.69) is 14.7 Å². The molecule has 1 aromatic carbocycles. The molecule has 0 atom stereocenters. The Hall–Kier alpha value is -2.63. The first-order chi connectivity index (χ1) is 12.2. The van der Waals surface area contributed by atoms with Gasteiger partial charge < -0.3 is 14.0 Å². The average Bonchev–Trinajstić information content (AvgIpc) is 3.22. The van der Waals surface area contributed by atoms with Crippen LogP contribution in [0.5, 0.6) is 0 Å². The Morgan fingerprint density at radius 3 is 2.84 bits per heavy atom. The average molecular weight is 338 g/mol. The first-order valence-electron chi connectivity index (χ1n) is 8.79. The van der Waals surface area contributed by atoms with Crippen LogP contribution in [0.4, 0.5) is 0 Å². The van der Waals surface area contributed by atoms with Gasteiger partial charge in [0.2, 0.25) is 5.91 Å². The Morgan fingerprint density at radius 1 is 1.28 bits per heavy atom. The number of fused-ring (bicyclic) bond motifs is 1. The molecular formula is C19H22N4O2. The van der Waals surface area contributed by atoms with E-state index in [-0.39, 0.29) is 5.91 Å². The van der Waals surface area contributed by atoms with Crippen molar-refractivity contribution in [3.8, 4) is 0 Å². The van der Waals surface area contributed by atoms with Gasteiger partial charge in [-0.25, -0.2) is 4.98 Å². The zero-order chi connectivity index (χ0) is 17.2.